The van der Waals surface area contributed by atoms with Gasteiger partial charge in [-0.3, -0.25) is 9.69 Å². The summed E-state index contributed by atoms with van der Waals surface area (Å²) in [6.45, 7) is 3.25. The average Bonchev–Trinajstić information content (AvgIpc) is 3.55. The van der Waals surface area contributed by atoms with E-state index in [1.807, 2.05) is 12.1 Å². The highest BCUT2D eigenvalue weighted by molar-refractivity contribution is 7.91. The van der Waals surface area contributed by atoms with Crippen molar-refractivity contribution < 1.29 is 17.9 Å². The van der Waals surface area contributed by atoms with E-state index in [2.05, 4.69) is 22.3 Å². The smallest absolute Gasteiger partial charge is 0.252 e. The molecule has 2 saturated heterocycles. The van der Waals surface area contributed by atoms with E-state index in [1.165, 1.54) is 28.5 Å². The van der Waals surface area contributed by atoms with Gasteiger partial charge in [0.05, 0.1) is 19.1 Å². The van der Waals surface area contributed by atoms with E-state index in [1.54, 1.807) is 24.6 Å². The first-order valence-electron chi connectivity index (χ1n) is 11.2. The lowest BCUT2D eigenvalue weighted by Crippen LogP contribution is -2.46. The molecule has 1 N–H and O–H groups in total. The Balaban J connectivity index is 1.41. The predicted molar refractivity (Wildman–Crippen MR) is 125 cm³/mol. The average molecular weight is 478 g/mol. The largest absolute Gasteiger partial charge is 0.497 e. The summed E-state index contributed by atoms with van der Waals surface area (Å²) >= 11 is 1.22. The van der Waals surface area contributed by atoms with Crippen LogP contribution in [0.1, 0.15) is 37.3 Å². The summed E-state index contributed by atoms with van der Waals surface area (Å²) in [5.74, 6) is 0.426. The Bertz CT molecular complexity index is 987. The molecule has 2 atom stereocenters. The van der Waals surface area contributed by atoms with Crippen LogP contribution >= 0.6 is 11.3 Å². The first-order valence-corrected chi connectivity index (χ1v) is 13.5. The van der Waals surface area contributed by atoms with Gasteiger partial charge in [0.25, 0.3) is 10.0 Å². The van der Waals surface area contributed by atoms with Gasteiger partial charge in [0.2, 0.25) is 5.91 Å². The molecule has 32 heavy (non-hydrogen) atoms. The second-order valence-corrected chi connectivity index (χ2v) is 11.5. The van der Waals surface area contributed by atoms with Crippen LogP contribution in [0.5, 0.6) is 5.75 Å². The van der Waals surface area contributed by atoms with Gasteiger partial charge >= 0.3 is 0 Å². The number of amides is 1. The maximum Gasteiger partial charge on any atom is 0.252 e. The lowest BCUT2D eigenvalue weighted by Gasteiger charge is -2.32. The molecule has 0 saturated carbocycles. The van der Waals surface area contributed by atoms with Gasteiger partial charge in [0.1, 0.15) is 9.96 Å². The minimum atomic E-state index is -3.53. The zero-order valence-electron chi connectivity index (χ0n) is 18.4. The van der Waals surface area contributed by atoms with E-state index >= 15 is 0 Å². The van der Waals surface area contributed by atoms with Crippen LogP contribution in [0.25, 0.3) is 0 Å². The Labute approximate surface area is 194 Å². The number of sulfonamides is 1. The molecule has 0 spiro atoms. The summed E-state index contributed by atoms with van der Waals surface area (Å²) < 4.78 is 32.8. The van der Waals surface area contributed by atoms with Gasteiger partial charge < -0.3 is 10.1 Å². The minimum Gasteiger partial charge on any atom is -0.497 e. The van der Waals surface area contributed by atoms with Crippen LogP contribution in [-0.4, -0.2) is 63.4 Å². The van der Waals surface area contributed by atoms with Crippen molar-refractivity contribution in [2.45, 2.75) is 35.9 Å². The maximum atomic E-state index is 13.0. The van der Waals surface area contributed by atoms with Gasteiger partial charge in [-0.25, -0.2) is 8.42 Å². The molecule has 2 fully saturated rings. The van der Waals surface area contributed by atoms with Crippen LogP contribution < -0.4 is 10.1 Å². The van der Waals surface area contributed by atoms with Crippen molar-refractivity contribution in [3.63, 3.8) is 0 Å². The molecule has 1 amide bonds. The fourth-order valence-corrected chi connectivity index (χ4v) is 7.26. The zero-order valence-corrected chi connectivity index (χ0v) is 20.0. The van der Waals surface area contributed by atoms with Gasteiger partial charge in [-0.05, 0) is 67.9 Å². The number of hydrogen-bond donors (Lipinski definition) is 1. The number of benzene rings is 1. The van der Waals surface area contributed by atoms with Crippen LogP contribution in [0.15, 0.2) is 46.0 Å². The lowest BCUT2D eigenvalue weighted by molar-refractivity contribution is -0.126. The summed E-state index contributed by atoms with van der Waals surface area (Å²) in [4.78, 5) is 15.5. The fourth-order valence-electron chi connectivity index (χ4n) is 4.59. The maximum absolute atomic E-state index is 13.0. The normalized spacial score (nSPS) is 21.3. The van der Waals surface area contributed by atoms with Gasteiger partial charge in [-0.2, -0.15) is 4.31 Å². The summed E-state index contributed by atoms with van der Waals surface area (Å²) in [6, 6.07) is 11.5. The third kappa shape index (κ3) is 5.17. The standard InChI is InChI=1S/C23H31N3O4S2/c1-30-20-10-8-18(9-11-20)21(25-12-2-3-13-25)16-24-23(27)19-6-4-14-26(17-19)32(28,29)22-7-5-15-31-22/h5,7-11,15,19,21H,2-4,6,12-14,16-17H2,1H3,(H,24,27)/t19-,21-/m1/s1. The molecule has 2 aliphatic heterocycles. The number of carbonyl (C=O) groups excluding carboxylic acids is 1. The van der Waals surface area contributed by atoms with Crippen molar-refractivity contribution in [1.29, 1.82) is 0 Å². The van der Waals surface area contributed by atoms with E-state index in [-0.39, 0.29) is 24.4 Å². The second-order valence-electron chi connectivity index (χ2n) is 8.41. The van der Waals surface area contributed by atoms with E-state index < -0.39 is 10.0 Å². The number of methoxy groups -OCH3 is 1. The molecule has 9 heteroatoms. The number of carbonyl (C=O) groups is 1. The number of rotatable bonds is 8. The molecule has 174 valence electrons. The summed E-state index contributed by atoms with van der Waals surface area (Å²) in [6.07, 6.45) is 3.73. The minimum absolute atomic E-state index is 0.0613. The van der Waals surface area contributed by atoms with Crippen LogP contribution in [0.2, 0.25) is 0 Å². The van der Waals surface area contributed by atoms with E-state index in [9.17, 15) is 13.2 Å². The molecule has 2 aromatic rings. The highest BCUT2D eigenvalue weighted by Crippen LogP contribution is 2.28. The first kappa shape index (κ1) is 23.2. The van der Waals surface area contributed by atoms with Crippen molar-refractivity contribution in [2.75, 3.05) is 39.8 Å². The van der Waals surface area contributed by atoms with Crippen LogP contribution in [-0.2, 0) is 14.8 Å². The highest BCUT2D eigenvalue weighted by atomic mass is 32.2. The molecule has 0 unspecified atom stereocenters. The summed E-state index contributed by atoms with van der Waals surface area (Å²) in [7, 11) is -1.88. The van der Waals surface area contributed by atoms with Crippen molar-refractivity contribution in [3.05, 3.63) is 47.3 Å². The van der Waals surface area contributed by atoms with E-state index in [0.29, 0.717) is 30.1 Å². The Morgan fingerprint density at radius 1 is 1.16 bits per heavy atom. The number of hydrogen-bond acceptors (Lipinski definition) is 6. The fraction of sp³-hybridized carbons (Fsp3) is 0.522. The number of thiophene rings is 1. The third-order valence-corrected chi connectivity index (χ3v) is 9.63. The Hall–Kier alpha value is -1.94. The Morgan fingerprint density at radius 3 is 2.56 bits per heavy atom. The SMILES string of the molecule is COc1ccc([C@@H](CNC(=O)[C@@H]2CCCN(S(=O)(=O)c3cccs3)C2)N2CCCC2)cc1. The van der Waals surface area contributed by atoms with E-state index in [0.717, 1.165) is 24.4 Å². The molecule has 0 bridgehead atoms. The molecule has 0 aliphatic carbocycles. The van der Waals surface area contributed by atoms with Gasteiger partial charge in [-0.15, -0.1) is 11.3 Å². The monoisotopic (exact) mass is 477 g/mol. The predicted octanol–water partition coefficient (Wildman–Crippen LogP) is 3.11. The van der Waals surface area contributed by atoms with Crippen LogP contribution in [0, 0.1) is 5.92 Å². The van der Waals surface area contributed by atoms with Gasteiger partial charge in [0, 0.05) is 19.6 Å². The molecule has 1 aromatic heterocycles. The van der Waals surface area contributed by atoms with E-state index in [4.69, 9.17) is 4.74 Å². The molecule has 2 aliphatic rings. The van der Waals surface area contributed by atoms with Gasteiger partial charge in [-0.1, -0.05) is 18.2 Å². The summed E-state index contributed by atoms with van der Waals surface area (Å²) in [5, 5.41) is 4.90. The van der Waals surface area contributed by atoms with Crippen LogP contribution in [0.3, 0.4) is 0 Å². The topological polar surface area (TPSA) is 79.0 Å². The number of likely N-dealkylation sites (tertiary alicyclic amines) is 1. The molecule has 7 nitrogen and oxygen atoms in total. The molecule has 1 aromatic carbocycles. The van der Waals surface area contributed by atoms with Crippen molar-refractivity contribution in [2.24, 2.45) is 5.92 Å². The molecule has 3 heterocycles. The van der Waals surface area contributed by atoms with Crippen molar-refractivity contribution in [3.8, 4) is 5.75 Å². The quantitative estimate of drug-likeness (QED) is 0.632. The van der Waals surface area contributed by atoms with Crippen LogP contribution in [0.4, 0.5) is 0 Å². The Morgan fingerprint density at radius 2 is 1.91 bits per heavy atom. The number of nitrogens with one attached hydrogen (secondary N) is 1. The lowest BCUT2D eigenvalue weighted by atomic mass is 9.98. The molecule has 4 rings (SSSR count). The van der Waals surface area contributed by atoms with Crippen molar-refractivity contribution in [1.82, 2.24) is 14.5 Å². The Kier molecular flexibility index (Phi) is 7.50. The number of ether oxygens (including phenoxy) is 1. The third-order valence-electron chi connectivity index (χ3n) is 6.40. The highest BCUT2D eigenvalue weighted by Gasteiger charge is 2.34. The molecule has 0 radical (unpaired) electrons. The molecular weight excluding hydrogens is 446 g/mol. The number of piperidine rings is 1. The first-order chi connectivity index (χ1) is 15.5. The molecular formula is C23H31N3O4S2. The zero-order chi connectivity index (χ0) is 22.6. The van der Waals surface area contributed by atoms with Crippen molar-refractivity contribution >= 4 is 27.3 Å². The number of nitrogens with zero attached hydrogens (tertiary/aromatic N) is 2. The second kappa shape index (κ2) is 10.3. The van der Waals surface area contributed by atoms with Gasteiger partial charge in [0.15, 0.2) is 0 Å². The summed E-state index contributed by atoms with van der Waals surface area (Å²) in [5.41, 5.74) is 1.15.